The van der Waals surface area contributed by atoms with Crippen LogP contribution in [0.2, 0.25) is 0 Å². The summed E-state index contributed by atoms with van der Waals surface area (Å²) in [5.41, 5.74) is 1.71. The van der Waals surface area contributed by atoms with Crippen molar-refractivity contribution in [3.63, 3.8) is 0 Å². The summed E-state index contributed by atoms with van der Waals surface area (Å²) in [5.74, 6) is 0.336. The van der Waals surface area contributed by atoms with Gasteiger partial charge < -0.3 is 10.1 Å². The lowest BCUT2D eigenvalue weighted by Gasteiger charge is -2.20. The summed E-state index contributed by atoms with van der Waals surface area (Å²) in [7, 11) is 5.30. The molecule has 0 spiro atoms. The molecule has 0 aliphatic heterocycles. The third-order valence-corrected chi connectivity index (χ3v) is 3.54. The quantitative estimate of drug-likeness (QED) is 0.881. The summed E-state index contributed by atoms with van der Waals surface area (Å²) in [5, 5.41) is 7.31. The fourth-order valence-electron chi connectivity index (χ4n) is 2.41. The summed E-state index contributed by atoms with van der Waals surface area (Å²) in [6.45, 7) is 0. The molecule has 5 heteroatoms. The third-order valence-electron chi connectivity index (χ3n) is 3.54. The van der Waals surface area contributed by atoms with Gasteiger partial charge in [-0.15, -0.1) is 0 Å². The summed E-state index contributed by atoms with van der Waals surface area (Å²) in [6, 6.07) is 6.79. The number of ether oxygens (including phenoxy) is 1. The second-order valence-corrected chi connectivity index (χ2v) is 4.68. The maximum atomic E-state index is 14.1. The van der Waals surface area contributed by atoms with Crippen molar-refractivity contribution in [3.05, 3.63) is 47.5 Å². The molecule has 20 heavy (non-hydrogen) atoms. The Morgan fingerprint density at radius 2 is 2.20 bits per heavy atom. The highest BCUT2D eigenvalue weighted by Gasteiger charge is 2.19. The lowest BCUT2D eigenvalue weighted by atomic mass is 9.99. The van der Waals surface area contributed by atoms with Crippen molar-refractivity contribution in [2.45, 2.75) is 18.9 Å². The smallest absolute Gasteiger partial charge is 0.131 e. The zero-order chi connectivity index (χ0) is 14.5. The number of rotatable bonds is 6. The molecular weight excluding hydrogens is 257 g/mol. The molecule has 1 N–H and O–H groups in total. The van der Waals surface area contributed by atoms with E-state index in [-0.39, 0.29) is 11.9 Å². The first kappa shape index (κ1) is 14.5. The van der Waals surface area contributed by atoms with Crippen LogP contribution in [0.25, 0.3) is 0 Å². The Balaban J connectivity index is 2.18. The highest BCUT2D eigenvalue weighted by molar-refractivity contribution is 5.37. The van der Waals surface area contributed by atoms with Gasteiger partial charge in [0.2, 0.25) is 0 Å². The largest absolute Gasteiger partial charge is 0.496 e. The average molecular weight is 277 g/mol. The van der Waals surface area contributed by atoms with Crippen LogP contribution in [0.3, 0.4) is 0 Å². The zero-order valence-corrected chi connectivity index (χ0v) is 12.1. The second-order valence-electron chi connectivity index (χ2n) is 4.68. The number of methoxy groups -OCH3 is 1. The number of hydrogen-bond donors (Lipinski definition) is 1. The first-order chi connectivity index (χ1) is 9.67. The van der Waals surface area contributed by atoms with Crippen LogP contribution in [0.5, 0.6) is 5.75 Å². The van der Waals surface area contributed by atoms with Gasteiger partial charge in [0, 0.05) is 30.5 Å². The molecule has 0 aliphatic carbocycles. The molecule has 1 heterocycles. The Labute approximate surface area is 118 Å². The fourth-order valence-corrected chi connectivity index (χ4v) is 2.41. The van der Waals surface area contributed by atoms with Crippen molar-refractivity contribution in [3.8, 4) is 5.75 Å². The molecule has 2 aromatic rings. The fraction of sp³-hybridized carbons (Fsp3) is 0.400. The number of hydrogen-bond acceptors (Lipinski definition) is 3. The van der Waals surface area contributed by atoms with Crippen molar-refractivity contribution < 1.29 is 9.13 Å². The lowest BCUT2D eigenvalue weighted by Crippen LogP contribution is -2.19. The number of nitrogens with zero attached hydrogens (tertiary/aromatic N) is 2. The van der Waals surface area contributed by atoms with Crippen molar-refractivity contribution in [2.75, 3.05) is 14.2 Å². The molecule has 0 amide bonds. The summed E-state index contributed by atoms with van der Waals surface area (Å²) < 4.78 is 21.2. The molecule has 1 aromatic carbocycles. The van der Waals surface area contributed by atoms with Crippen LogP contribution in [0, 0.1) is 5.82 Å². The molecule has 4 nitrogen and oxygen atoms in total. The van der Waals surface area contributed by atoms with Gasteiger partial charge in [0.25, 0.3) is 0 Å². The normalized spacial score (nSPS) is 12.4. The highest BCUT2D eigenvalue weighted by Crippen LogP contribution is 2.30. The minimum absolute atomic E-state index is 0.0963. The number of aromatic nitrogens is 2. The minimum Gasteiger partial charge on any atom is -0.496 e. The van der Waals surface area contributed by atoms with Crippen LogP contribution in [0.1, 0.15) is 23.7 Å². The highest BCUT2D eigenvalue weighted by atomic mass is 19.1. The lowest BCUT2D eigenvalue weighted by molar-refractivity contribution is 0.389. The molecule has 108 valence electrons. The van der Waals surface area contributed by atoms with Gasteiger partial charge in [-0.3, -0.25) is 4.68 Å². The number of nitrogens with one attached hydrogen (secondary N) is 1. The van der Waals surface area contributed by atoms with Gasteiger partial charge in [-0.2, -0.15) is 5.10 Å². The van der Waals surface area contributed by atoms with Crippen LogP contribution in [0.15, 0.2) is 30.5 Å². The number of benzene rings is 1. The van der Waals surface area contributed by atoms with Crippen LogP contribution in [0.4, 0.5) is 4.39 Å². The van der Waals surface area contributed by atoms with Crippen LogP contribution in [-0.4, -0.2) is 23.9 Å². The molecule has 1 unspecified atom stereocenters. The van der Waals surface area contributed by atoms with E-state index in [0.29, 0.717) is 11.3 Å². The Morgan fingerprint density at radius 3 is 2.80 bits per heavy atom. The van der Waals surface area contributed by atoms with E-state index in [1.54, 1.807) is 25.4 Å². The molecule has 0 saturated carbocycles. The molecular formula is C15H20FN3O. The van der Waals surface area contributed by atoms with Crippen molar-refractivity contribution in [1.82, 2.24) is 15.1 Å². The van der Waals surface area contributed by atoms with Gasteiger partial charge in [0.05, 0.1) is 7.11 Å². The molecule has 0 saturated heterocycles. The van der Waals surface area contributed by atoms with Gasteiger partial charge >= 0.3 is 0 Å². The molecule has 0 aliphatic rings. The Hall–Kier alpha value is -1.88. The van der Waals surface area contributed by atoms with E-state index in [9.17, 15) is 4.39 Å². The van der Waals surface area contributed by atoms with Gasteiger partial charge in [-0.25, -0.2) is 4.39 Å². The molecule has 0 fully saturated rings. The molecule has 1 atom stereocenters. The SMILES string of the molecule is CNC(CCc1ccnn1C)c1c(F)cccc1OC. The first-order valence-electron chi connectivity index (χ1n) is 6.64. The minimum atomic E-state index is -0.242. The Kier molecular flexibility index (Phi) is 4.74. The van der Waals surface area contributed by atoms with E-state index in [1.807, 2.05) is 24.8 Å². The summed E-state index contributed by atoms with van der Waals surface area (Å²) in [6.07, 6.45) is 3.36. The Morgan fingerprint density at radius 1 is 1.40 bits per heavy atom. The topological polar surface area (TPSA) is 39.1 Å². The third kappa shape index (κ3) is 2.99. The van der Waals surface area contributed by atoms with E-state index in [1.165, 1.54) is 6.07 Å². The van der Waals surface area contributed by atoms with E-state index in [2.05, 4.69) is 10.4 Å². The Bertz CT molecular complexity index is 568. The summed E-state index contributed by atoms with van der Waals surface area (Å²) >= 11 is 0. The molecule has 2 rings (SSSR count). The van der Waals surface area contributed by atoms with Gasteiger partial charge in [0.15, 0.2) is 0 Å². The first-order valence-corrected chi connectivity index (χ1v) is 6.64. The monoisotopic (exact) mass is 277 g/mol. The van der Waals surface area contributed by atoms with Gasteiger partial charge in [0.1, 0.15) is 11.6 Å². The van der Waals surface area contributed by atoms with Crippen LogP contribution < -0.4 is 10.1 Å². The van der Waals surface area contributed by atoms with E-state index in [4.69, 9.17) is 4.74 Å². The van der Waals surface area contributed by atoms with Crippen molar-refractivity contribution in [2.24, 2.45) is 7.05 Å². The van der Waals surface area contributed by atoms with E-state index in [0.717, 1.165) is 18.5 Å². The maximum absolute atomic E-state index is 14.1. The maximum Gasteiger partial charge on any atom is 0.131 e. The summed E-state index contributed by atoms with van der Waals surface area (Å²) in [4.78, 5) is 0. The van der Waals surface area contributed by atoms with Gasteiger partial charge in [-0.1, -0.05) is 6.07 Å². The average Bonchev–Trinajstić information content (AvgIpc) is 2.86. The standard InChI is InChI=1S/C15H20FN3O/c1-17-13(8-7-11-9-10-18-19(11)2)15-12(16)5-4-6-14(15)20-3/h4-6,9-10,13,17H,7-8H2,1-3H3. The predicted octanol–water partition coefficient (Wildman–Crippen LogP) is 2.46. The van der Waals surface area contributed by atoms with Gasteiger partial charge in [-0.05, 0) is 38.1 Å². The van der Waals surface area contributed by atoms with Crippen molar-refractivity contribution >= 4 is 0 Å². The zero-order valence-electron chi connectivity index (χ0n) is 12.1. The predicted molar refractivity (Wildman–Crippen MR) is 76.3 cm³/mol. The van der Waals surface area contributed by atoms with Crippen LogP contribution in [-0.2, 0) is 13.5 Å². The van der Waals surface area contributed by atoms with Crippen molar-refractivity contribution in [1.29, 1.82) is 0 Å². The molecule has 0 bridgehead atoms. The second kappa shape index (κ2) is 6.52. The number of halogens is 1. The molecule has 1 aromatic heterocycles. The van der Waals surface area contributed by atoms with E-state index < -0.39 is 0 Å². The van der Waals surface area contributed by atoms with Crippen LogP contribution >= 0.6 is 0 Å². The number of aryl methyl sites for hydroxylation is 2. The molecule has 0 radical (unpaired) electrons. The van der Waals surface area contributed by atoms with E-state index >= 15 is 0 Å².